The summed E-state index contributed by atoms with van der Waals surface area (Å²) < 4.78 is 13.2. The molecule has 2 aliphatic rings. The van der Waals surface area contributed by atoms with Crippen LogP contribution in [0.2, 0.25) is 5.02 Å². The van der Waals surface area contributed by atoms with Crippen LogP contribution >= 0.6 is 11.6 Å². The van der Waals surface area contributed by atoms with Gasteiger partial charge in [0.15, 0.2) is 12.1 Å². The van der Waals surface area contributed by atoms with Gasteiger partial charge in [0.1, 0.15) is 12.4 Å². The highest BCUT2D eigenvalue weighted by molar-refractivity contribution is 6.31. The summed E-state index contributed by atoms with van der Waals surface area (Å²) in [6.07, 6.45) is 0. The van der Waals surface area contributed by atoms with E-state index in [0.717, 1.165) is 16.5 Å². The number of fused-ring (bicyclic) bond motifs is 1. The Kier molecular flexibility index (Phi) is 4.75. The molecule has 0 radical (unpaired) electrons. The Bertz CT molecular complexity index is 1040. The fourth-order valence-corrected chi connectivity index (χ4v) is 3.40. The lowest BCUT2D eigenvalue weighted by atomic mass is 10.1. The number of amides is 3. The molecule has 29 heavy (non-hydrogen) atoms. The zero-order valence-corrected chi connectivity index (χ0v) is 15.9. The Morgan fingerprint density at radius 2 is 1.90 bits per heavy atom. The Balaban J connectivity index is 1.48. The summed E-state index contributed by atoms with van der Waals surface area (Å²) >= 11 is 5.70. The van der Waals surface area contributed by atoms with Gasteiger partial charge in [-0.3, -0.25) is 19.4 Å². The van der Waals surface area contributed by atoms with Crippen molar-refractivity contribution in [3.05, 3.63) is 58.9 Å². The van der Waals surface area contributed by atoms with E-state index >= 15 is 0 Å². The third kappa shape index (κ3) is 3.44. The van der Waals surface area contributed by atoms with Gasteiger partial charge in [0.25, 0.3) is 11.8 Å². The normalized spacial score (nSPS) is 20.4. The van der Waals surface area contributed by atoms with Crippen LogP contribution in [0.1, 0.15) is 5.56 Å². The maximum Gasteiger partial charge on any atom is 0.263 e. The highest BCUT2D eigenvalue weighted by Gasteiger charge is 2.55. The van der Waals surface area contributed by atoms with Crippen molar-refractivity contribution in [1.82, 2.24) is 5.01 Å². The Labute approximate surface area is 169 Å². The van der Waals surface area contributed by atoms with E-state index in [2.05, 4.69) is 15.7 Å². The van der Waals surface area contributed by atoms with Gasteiger partial charge in [-0.25, -0.2) is 9.29 Å². The molecule has 0 spiro atoms. The van der Waals surface area contributed by atoms with Gasteiger partial charge in [-0.15, -0.1) is 0 Å². The van der Waals surface area contributed by atoms with Crippen LogP contribution in [0, 0.1) is 12.7 Å². The van der Waals surface area contributed by atoms with Gasteiger partial charge >= 0.3 is 0 Å². The molecule has 10 heteroatoms. The van der Waals surface area contributed by atoms with Crippen LogP contribution in [0.3, 0.4) is 0 Å². The van der Waals surface area contributed by atoms with Gasteiger partial charge in [0.05, 0.1) is 10.7 Å². The maximum absolute atomic E-state index is 13.2. The van der Waals surface area contributed by atoms with Crippen molar-refractivity contribution in [3.63, 3.8) is 0 Å². The smallest absolute Gasteiger partial charge is 0.263 e. The van der Waals surface area contributed by atoms with Crippen LogP contribution in [0.15, 0.2) is 52.8 Å². The fourth-order valence-electron chi connectivity index (χ4n) is 3.22. The summed E-state index contributed by atoms with van der Waals surface area (Å²) in [4.78, 5) is 38.9. The number of aryl methyl sites for hydroxylation is 1. The second-order valence-electron chi connectivity index (χ2n) is 6.72. The molecule has 8 nitrogen and oxygen atoms in total. The first-order valence-electron chi connectivity index (χ1n) is 8.72. The molecule has 4 rings (SSSR count). The van der Waals surface area contributed by atoms with Crippen LogP contribution in [-0.4, -0.2) is 41.4 Å². The van der Waals surface area contributed by atoms with Gasteiger partial charge < -0.3 is 5.32 Å². The zero-order valence-electron chi connectivity index (χ0n) is 15.2. The quantitative estimate of drug-likeness (QED) is 0.777. The number of nitrogens with one attached hydrogen (secondary N) is 1. The second kappa shape index (κ2) is 7.25. The third-order valence-corrected chi connectivity index (χ3v) is 4.95. The van der Waals surface area contributed by atoms with E-state index < -0.39 is 35.6 Å². The first-order chi connectivity index (χ1) is 13.8. The highest BCUT2D eigenvalue weighted by atomic mass is 35.5. The minimum absolute atomic E-state index is 0.131. The average Bonchev–Trinajstić information content (AvgIpc) is 3.19. The van der Waals surface area contributed by atoms with E-state index in [9.17, 15) is 18.8 Å². The molecule has 1 fully saturated rings. The molecule has 0 bridgehead atoms. The lowest BCUT2D eigenvalue weighted by Crippen LogP contribution is -2.43. The van der Waals surface area contributed by atoms with E-state index in [4.69, 9.17) is 11.6 Å². The SMILES string of the molecule is Cc1ccc(N2C(=O)[C@H]3N=NN(CC(=O)Nc4ccc(F)c(Cl)c4)[C@@H]3C2=O)cc1. The number of halogens is 2. The molecule has 0 aliphatic carbocycles. The van der Waals surface area contributed by atoms with Crippen molar-refractivity contribution in [2.45, 2.75) is 19.0 Å². The van der Waals surface area contributed by atoms with E-state index in [-0.39, 0.29) is 11.6 Å². The summed E-state index contributed by atoms with van der Waals surface area (Å²) in [6.45, 7) is 1.59. The molecule has 1 N–H and O–H groups in total. The van der Waals surface area contributed by atoms with Gasteiger partial charge in [0, 0.05) is 5.69 Å². The van der Waals surface area contributed by atoms with Gasteiger partial charge in [-0.1, -0.05) is 34.5 Å². The first-order valence-corrected chi connectivity index (χ1v) is 9.10. The van der Waals surface area contributed by atoms with Crippen LogP contribution in [-0.2, 0) is 14.4 Å². The number of carbonyl (C=O) groups excluding carboxylic acids is 3. The van der Waals surface area contributed by atoms with E-state index in [1.165, 1.54) is 17.1 Å². The molecular formula is C19H15ClFN5O3. The minimum atomic E-state index is -0.989. The van der Waals surface area contributed by atoms with Crippen molar-refractivity contribution in [2.75, 3.05) is 16.8 Å². The van der Waals surface area contributed by atoms with Crippen LogP contribution in [0.5, 0.6) is 0 Å². The number of hydrogen-bond acceptors (Lipinski definition) is 6. The van der Waals surface area contributed by atoms with Gasteiger partial charge in [-0.05, 0) is 37.3 Å². The maximum atomic E-state index is 13.2. The molecule has 148 valence electrons. The lowest BCUT2D eigenvalue weighted by Gasteiger charge is -2.20. The van der Waals surface area contributed by atoms with Crippen LogP contribution in [0.25, 0.3) is 0 Å². The van der Waals surface area contributed by atoms with Gasteiger partial charge in [0.2, 0.25) is 5.91 Å². The predicted octanol–water partition coefficient (Wildman–Crippen LogP) is 2.72. The van der Waals surface area contributed by atoms with E-state index in [0.29, 0.717) is 11.4 Å². The second-order valence-corrected chi connectivity index (χ2v) is 7.12. The van der Waals surface area contributed by atoms with Crippen molar-refractivity contribution >= 4 is 40.7 Å². The number of rotatable bonds is 4. The van der Waals surface area contributed by atoms with E-state index in [1.807, 2.05) is 6.92 Å². The lowest BCUT2D eigenvalue weighted by molar-refractivity contribution is -0.123. The molecular weight excluding hydrogens is 401 g/mol. The summed E-state index contributed by atoms with van der Waals surface area (Å²) in [6, 6.07) is 8.74. The molecule has 2 atom stereocenters. The Morgan fingerprint density at radius 1 is 1.17 bits per heavy atom. The summed E-state index contributed by atoms with van der Waals surface area (Å²) in [5.74, 6) is -2.10. The van der Waals surface area contributed by atoms with E-state index in [1.54, 1.807) is 24.3 Å². The Morgan fingerprint density at radius 3 is 2.59 bits per heavy atom. The number of carbonyl (C=O) groups is 3. The Hall–Kier alpha value is -3.33. The molecule has 3 amide bonds. The minimum Gasteiger partial charge on any atom is -0.324 e. The van der Waals surface area contributed by atoms with Crippen molar-refractivity contribution in [3.8, 4) is 0 Å². The molecule has 0 aromatic heterocycles. The van der Waals surface area contributed by atoms with Crippen molar-refractivity contribution < 1.29 is 18.8 Å². The van der Waals surface area contributed by atoms with Crippen LogP contribution < -0.4 is 10.2 Å². The summed E-state index contributed by atoms with van der Waals surface area (Å²) in [5.41, 5.74) is 1.73. The summed E-state index contributed by atoms with van der Waals surface area (Å²) in [5, 5.41) is 11.3. The fraction of sp³-hybridized carbons (Fsp3) is 0.211. The highest BCUT2D eigenvalue weighted by Crippen LogP contribution is 2.32. The average molecular weight is 416 g/mol. The van der Waals surface area contributed by atoms with Crippen molar-refractivity contribution in [1.29, 1.82) is 0 Å². The molecule has 2 heterocycles. The molecule has 1 saturated heterocycles. The monoisotopic (exact) mass is 415 g/mol. The summed E-state index contributed by atoms with van der Waals surface area (Å²) in [7, 11) is 0. The molecule has 2 aliphatic heterocycles. The topological polar surface area (TPSA) is 94.4 Å². The number of anilines is 2. The third-order valence-electron chi connectivity index (χ3n) is 4.66. The molecule has 0 unspecified atom stereocenters. The molecule has 2 aromatic rings. The number of imide groups is 1. The first kappa shape index (κ1) is 19.0. The standard InChI is InChI=1S/C19H15ClFN5O3/c1-10-2-5-12(6-3-10)26-18(28)16-17(19(26)29)25(24-23-16)9-15(27)22-11-4-7-14(21)13(20)8-11/h2-8,16-17H,9H2,1H3,(H,22,27)/t16-,17-/m0/s1. The molecule has 0 saturated carbocycles. The van der Waals surface area contributed by atoms with Crippen molar-refractivity contribution in [2.24, 2.45) is 10.3 Å². The molecule has 2 aromatic carbocycles. The van der Waals surface area contributed by atoms with Gasteiger partial charge in [-0.2, -0.15) is 5.11 Å². The van der Waals surface area contributed by atoms with Crippen LogP contribution in [0.4, 0.5) is 15.8 Å². The number of benzene rings is 2. The number of hydrogen-bond donors (Lipinski definition) is 1. The number of nitrogens with zero attached hydrogens (tertiary/aromatic N) is 4. The zero-order chi connectivity index (χ0) is 20.7. The largest absolute Gasteiger partial charge is 0.324 e. The predicted molar refractivity (Wildman–Crippen MR) is 103 cm³/mol.